The number of H-pyrrole nitrogens is 1. The molecule has 0 saturated carbocycles. The molecular formula is C17H14FNOS. The smallest absolute Gasteiger partial charge is 0.161 e. The van der Waals surface area contributed by atoms with Crippen molar-refractivity contribution in [2.45, 2.75) is 23.8 Å². The SMILES string of the molecule is CC(=O)c1cc(F)c(C)cc1Sc1cc2ccccc2[nH]1. The van der Waals surface area contributed by atoms with E-state index in [2.05, 4.69) is 4.98 Å². The second-order valence-corrected chi connectivity index (χ2v) is 6.06. The number of aromatic amines is 1. The van der Waals surface area contributed by atoms with Crippen molar-refractivity contribution in [3.05, 3.63) is 59.4 Å². The first-order valence-corrected chi connectivity index (χ1v) is 7.43. The highest BCUT2D eigenvalue weighted by Crippen LogP contribution is 2.33. The second kappa shape index (κ2) is 5.37. The van der Waals surface area contributed by atoms with Crippen molar-refractivity contribution in [1.29, 1.82) is 0 Å². The Labute approximate surface area is 126 Å². The molecule has 21 heavy (non-hydrogen) atoms. The number of halogens is 1. The predicted octanol–water partition coefficient (Wildman–Crippen LogP) is 4.97. The minimum Gasteiger partial charge on any atom is -0.349 e. The number of nitrogens with one attached hydrogen (secondary N) is 1. The lowest BCUT2D eigenvalue weighted by molar-refractivity contribution is 0.101. The highest BCUT2D eigenvalue weighted by atomic mass is 32.2. The standard InChI is InChI=1S/C17H14FNOS/c1-10-7-16(13(11(2)20)9-14(10)18)21-17-8-12-5-3-4-6-15(12)19-17/h3-9,19H,1-2H3. The van der Waals surface area contributed by atoms with Crippen LogP contribution in [0.5, 0.6) is 0 Å². The molecule has 2 nitrogen and oxygen atoms in total. The third kappa shape index (κ3) is 2.72. The van der Waals surface area contributed by atoms with E-state index in [1.54, 1.807) is 13.0 Å². The summed E-state index contributed by atoms with van der Waals surface area (Å²) < 4.78 is 13.7. The minimum absolute atomic E-state index is 0.132. The lowest BCUT2D eigenvalue weighted by Crippen LogP contribution is -1.98. The van der Waals surface area contributed by atoms with E-state index in [0.717, 1.165) is 20.8 Å². The van der Waals surface area contributed by atoms with Crippen LogP contribution >= 0.6 is 11.8 Å². The van der Waals surface area contributed by atoms with Crippen LogP contribution in [-0.2, 0) is 0 Å². The molecule has 0 fully saturated rings. The molecular weight excluding hydrogens is 285 g/mol. The maximum Gasteiger partial charge on any atom is 0.161 e. The summed E-state index contributed by atoms with van der Waals surface area (Å²) in [6.45, 7) is 3.16. The van der Waals surface area contributed by atoms with E-state index in [9.17, 15) is 9.18 Å². The van der Waals surface area contributed by atoms with Gasteiger partial charge in [-0.1, -0.05) is 30.0 Å². The number of Topliss-reactive ketones (excluding diaryl/α,β-unsaturated/α-hetero) is 1. The molecule has 3 aromatic rings. The van der Waals surface area contributed by atoms with Crippen LogP contribution in [0.2, 0.25) is 0 Å². The first-order chi connectivity index (χ1) is 10.0. The molecule has 3 rings (SSSR count). The van der Waals surface area contributed by atoms with Gasteiger partial charge >= 0.3 is 0 Å². The van der Waals surface area contributed by atoms with E-state index in [1.807, 2.05) is 30.3 Å². The predicted molar refractivity (Wildman–Crippen MR) is 83.6 cm³/mol. The maximum atomic E-state index is 13.7. The summed E-state index contributed by atoms with van der Waals surface area (Å²) in [6, 6.07) is 13.1. The first kappa shape index (κ1) is 13.9. The number of rotatable bonds is 3. The van der Waals surface area contributed by atoms with Gasteiger partial charge in [-0.15, -0.1) is 0 Å². The number of hydrogen-bond acceptors (Lipinski definition) is 2. The van der Waals surface area contributed by atoms with Crippen LogP contribution in [0.3, 0.4) is 0 Å². The van der Waals surface area contributed by atoms with E-state index in [4.69, 9.17) is 0 Å². The lowest BCUT2D eigenvalue weighted by Gasteiger charge is -2.08. The average Bonchev–Trinajstić information content (AvgIpc) is 2.84. The zero-order chi connectivity index (χ0) is 15.0. The van der Waals surface area contributed by atoms with Crippen molar-refractivity contribution in [1.82, 2.24) is 4.98 Å². The summed E-state index contributed by atoms with van der Waals surface area (Å²) >= 11 is 1.45. The van der Waals surface area contributed by atoms with E-state index in [1.165, 1.54) is 24.8 Å². The summed E-state index contributed by atoms with van der Waals surface area (Å²) in [4.78, 5) is 15.8. The number of ketones is 1. The Morgan fingerprint density at radius 2 is 1.95 bits per heavy atom. The number of carbonyl (C=O) groups is 1. The van der Waals surface area contributed by atoms with Gasteiger partial charge in [-0.2, -0.15) is 0 Å². The van der Waals surface area contributed by atoms with Crippen LogP contribution in [0.4, 0.5) is 4.39 Å². The Hall–Kier alpha value is -2.07. The number of aryl methyl sites for hydroxylation is 1. The van der Waals surface area contributed by atoms with E-state index in [0.29, 0.717) is 11.1 Å². The van der Waals surface area contributed by atoms with E-state index >= 15 is 0 Å². The molecule has 0 saturated heterocycles. The number of fused-ring (bicyclic) bond motifs is 1. The average molecular weight is 299 g/mol. The molecule has 0 aliphatic rings. The molecule has 0 bridgehead atoms. The van der Waals surface area contributed by atoms with Crippen molar-refractivity contribution in [2.75, 3.05) is 0 Å². The molecule has 1 aromatic heterocycles. The fourth-order valence-electron chi connectivity index (χ4n) is 2.23. The van der Waals surface area contributed by atoms with E-state index < -0.39 is 0 Å². The minimum atomic E-state index is -0.346. The zero-order valence-electron chi connectivity index (χ0n) is 11.7. The van der Waals surface area contributed by atoms with Crippen LogP contribution in [0.25, 0.3) is 10.9 Å². The normalized spacial score (nSPS) is 11.0. The largest absolute Gasteiger partial charge is 0.349 e. The third-order valence-corrected chi connectivity index (χ3v) is 4.36. The number of aromatic nitrogens is 1. The number of para-hydroxylation sites is 1. The lowest BCUT2D eigenvalue weighted by atomic mass is 10.1. The van der Waals surface area contributed by atoms with Gasteiger partial charge in [0.15, 0.2) is 5.78 Å². The quantitative estimate of drug-likeness (QED) is 0.693. The topological polar surface area (TPSA) is 32.9 Å². The number of hydrogen-bond donors (Lipinski definition) is 1. The molecule has 1 N–H and O–H groups in total. The molecule has 0 radical (unpaired) electrons. The molecule has 2 aromatic carbocycles. The highest BCUT2D eigenvalue weighted by Gasteiger charge is 2.13. The van der Waals surface area contributed by atoms with Crippen molar-refractivity contribution in [3.8, 4) is 0 Å². The fourth-order valence-corrected chi connectivity index (χ4v) is 3.37. The molecule has 106 valence electrons. The van der Waals surface area contributed by atoms with Gasteiger partial charge in [0.25, 0.3) is 0 Å². The highest BCUT2D eigenvalue weighted by molar-refractivity contribution is 7.99. The Bertz CT molecular complexity index is 805. The van der Waals surface area contributed by atoms with Gasteiger partial charge in [0.1, 0.15) is 5.82 Å². The summed E-state index contributed by atoms with van der Waals surface area (Å²) in [6.07, 6.45) is 0. The summed E-state index contributed by atoms with van der Waals surface area (Å²) in [5.74, 6) is -0.478. The van der Waals surface area contributed by atoms with Gasteiger partial charge in [0, 0.05) is 21.4 Å². The van der Waals surface area contributed by atoms with Gasteiger partial charge in [-0.3, -0.25) is 4.79 Å². The van der Waals surface area contributed by atoms with Crippen molar-refractivity contribution < 1.29 is 9.18 Å². The van der Waals surface area contributed by atoms with Crippen LogP contribution in [0, 0.1) is 12.7 Å². The third-order valence-electron chi connectivity index (χ3n) is 3.37. The van der Waals surface area contributed by atoms with Crippen molar-refractivity contribution >= 4 is 28.4 Å². The summed E-state index contributed by atoms with van der Waals surface area (Å²) in [5.41, 5.74) is 2.00. The molecule has 0 unspecified atom stereocenters. The number of benzene rings is 2. The van der Waals surface area contributed by atoms with Gasteiger partial charge in [-0.05, 0) is 43.7 Å². The van der Waals surface area contributed by atoms with Gasteiger partial charge in [-0.25, -0.2) is 4.39 Å². The Balaban J connectivity index is 2.04. The van der Waals surface area contributed by atoms with Gasteiger partial charge < -0.3 is 4.98 Å². The Morgan fingerprint density at radius 1 is 1.19 bits per heavy atom. The van der Waals surface area contributed by atoms with Crippen LogP contribution in [-0.4, -0.2) is 10.8 Å². The Kier molecular flexibility index (Phi) is 3.55. The van der Waals surface area contributed by atoms with Crippen LogP contribution in [0.1, 0.15) is 22.8 Å². The van der Waals surface area contributed by atoms with Crippen LogP contribution in [0.15, 0.2) is 52.4 Å². The molecule has 0 spiro atoms. The van der Waals surface area contributed by atoms with Crippen LogP contribution < -0.4 is 0 Å². The first-order valence-electron chi connectivity index (χ1n) is 6.61. The Morgan fingerprint density at radius 3 is 2.67 bits per heavy atom. The summed E-state index contributed by atoms with van der Waals surface area (Å²) in [7, 11) is 0. The molecule has 1 heterocycles. The molecule has 0 atom stereocenters. The molecule has 0 aliphatic heterocycles. The fraction of sp³-hybridized carbons (Fsp3) is 0.118. The van der Waals surface area contributed by atoms with Gasteiger partial charge in [0.2, 0.25) is 0 Å². The van der Waals surface area contributed by atoms with Crippen molar-refractivity contribution in [2.24, 2.45) is 0 Å². The maximum absolute atomic E-state index is 13.7. The molecule has 4 heteroatoms. The van der Waals surface area contributed by atoms with E-state index in [-0.39, 0.29) is 11.6 Å². The monoisotopic (exact) mass is 299 g/mol. The molecule has 0 aliphatic carbocycles. The zero-order valence-corrected chi connectivity index (χ0v) is 12.6. The van der Waals surface area contributed by atoms with Crippen molar-refractivity contribution in [3.63, 3.8) is 0 Å². The number of carbonyl (C=O) groups excluding carboxylic acids is 1. The molecule has 0 amide bonds. The second-order valence-electron chi connectivity index (χ2n) is 4.98. The van der Waals surface area contributed by atoms with Gasteiger partial charge in [0.05, 0.1) is 5.03 Å². The summed E-state index contributed by atoms with van der Waals surface area (Å²) in [5, 5.41) is 2.05.